The fraction of sp³-hybridized carbons (Fsp3) is 0.0870. The Morgan fingerprint density at radius 1 is 0.875 bits per heavy atom. The Morgan fingerprint density at radius 2 is 1.44 bits per heavy atom. The van der Waals surface area contributed by atoms with Crippen molar-refractivity contribution in [2.75, 3.05) is 13.2 Å². The number of hydrogen-bond donors (Lipinski definition) is 2. The molecule has 0 atom stereocenters. The molecule has 162 valence electrons. The number of rotatable bonds is 7. The second kappa shape index (κ2) is 10.9. The van der Waals surface area contributed by atoms with Gasteiger partial charge in [0.1, 0.15) is 17.3 Å². The van der Waals surface area contributed by atoms with Crippen LogP contribution >= 0.6 is 15.9 Å². The van der Waals surface area contributed by atoms with Crippen LogP contribution in [-0.2, 0) is 9.59 Å². The third-order valence-electron chi connectivity index (χ3n) is 4.17. The van der Waals surface area contributed by atoms with Crippen LogP contribution in [0.3, 0.4) is 0 Å². The highest BCUT2D eigenvalue weighted by atomic mass is 79.9. The molecule has 0 aliphatic carbocycles. The Labute approximate surface area is 191 Å². The van der Waals surface area contributed by atoms with Gasteiger partial charge < -0.3 is 9.47 Å². The second-order valence-electron chi connectivity index (χ2n) is 6.46. The molecule has 0 unspecified atom stereocenters. The number of benzene rings is 3. The Bertz CT molecular complexity index is 1150. The lowest BCUT2D eigenvalue weighted by atomic mass is 10.0. The number of ether oxygens (including phenoxy) is 2. The number of nitriles is 1. The van der Waals surface area contributed by atoms with Gasteiger partial charge in [-0.3, -0.25) is 20.4 Å². The Hall–Kier alpha value is -3.90. The maximum Gasteiger partial charge on any atom is 0.276 e. The van der Waals surface area contributed by atoms with Crippen LogP contribution in [0.4, 0.5) is 4.39 Å². The van der Waals surface area contributed by atoms with Gasteiger partial charge in [-0.2, -0.15) is 5.26 Å². The van der Waals surface area contributed by atoms with Gasteiger partial charge in [0.2, 0.25) is 0 Å². The van der Waals surface area contributed by atoms with E-state index in [1.54, 1.807) is 24.3 Å². The average molecular weight is 498 g/mol. The van der Waals surface area contributed by atoms with E-state index >= 15 is 0 Å². The van der Waals surface area contributed by atoms with Crippen molar-refractivity contribution in [1.29, 1.82) is 5.26 Å². The van der Waals surface area contributed by atoms with Crippen LogP contribution < -0.4 is 20.3 Å². The van der Waals surface area contributed by atoms with Gasteiger partial charge in [0.05, 0.1) is 16.1 Å². The number of amides is 2. The number of hydrogen-bond acceptors (Lipinski definition) is 5. The monoisotopic (exact) mass is 497 g/mol. The first-order valence-corrected chi connectivity index (χ1v) is 10.1. The maximum absolute atomic E-state index is 13.0. The van der Waals surface area contributed by atoms with Gasteiger partial charge in [-0.15, -0.1) is 0 Å². The van der Waals surface area contributed by atoms with Gasteiger partial charge in [-0.25, -0.2) is 4.39 Å². The minimum atomic E-state index is -0.596. The van der Waals surface area contributed by atoms with Gasteiger partial charge in [-0.1, -0.05) is 24.3 Å². The first kappa shape index (κ1) is 22.8. The fourth-order valence-corrected chi connectivity index (χ4v) is 3.04. The van der Waals surface area contributed by atoms with Gasteiger partial charge in [0.15, 0.2) is 13.2 Å². The van der Waals surface area contributed by atoms with Crippen molar-refractivity contribution in [3.63, 3.8) is 0 Å². The van der Waals surface area contributed by atoms with Crippen LogP contribution in [0.2, 0.25) is 0 Å². The Morgan fingerprint density at radius 3 is 2.00 bits per heavy atom. The molecule has 3 aromatic rings. The average Bonchev–Trinajstić information content (AvgIpc) is 2.81. The van der Waals surface area contributed by atoms with E-state index in [-0.39, 0.29) is 13.2 Å². The minimum absolute atomic E-state index is 0.292. The van der Waals surface area contributed by atoms with Crippen LogP contribution in [0.15, 0.2) is 71.2 Å². The number of nitrogens with zero attached hydrogens (tertiary/aromatic N) is 1. The van der Waals surface area contributed by atoms with Gasteiger partial charge in [0.25, 0.3) is 11.8 Å². The number of nitrogens with one attached hydrogen (secondary N) is 2. The summed E-state index contributed by atoms with van der Waals surface area (Å²) in [7, 11) is 0. The maximum atomic E-state index is 13.0. The van der Waals surface area contributed by atoms with Crippen LogP contribution in [0, 0.1) is 17.1 Å². The first-order chi connectivity index (χ1) is 15.4. The normalized spacial score (nSPS) is 10.0. The molecule has 0 radical (unpaired) electrons. The predicted molar refractivity (Wildman–Crippen MR) is 118 cm³/mol. The van der Waals surface area contributed by atoms with Crippen molar-refractivity contribution < 1.29 is 23.5 Å². The van der Waals surface area contributed by atoms with Crippen molar-refractivity contribution in [2.24, 2.45) is 0 Å². The lowest BCUT2D eigenvalue weighted by molar-refractivity contribution is -0.131. The molecule has 32 heavy (non-hydrogen) atoms. The molecule has 7 nitrogen and oxygen atoms in total. The molecule has 0 aromatic heterocycles. The second-order valence-corrected chi connectivity index (χ2v) is 7.32. The lowest BCUT2D eigenvalue weighted by Crippen LogP contribution is -2.45. The molecule has 3 rings (SSSR count). The zero-order valence-electron chi connectivity index (χ0n) is 16.6. The standard InChI is InChI=1S/C23H17BrFN3O4/c24-20-11-18(25)7-10-21(20)32-14-23(30)28-27-22(29)13-31-19-8-5-17(6-9-19)16-3-1-15(12-26)2-4-16/h1-11H,13-14H2,(H,27,29)(H,28,30). The molecule has 0 fully saturated rings. The summed E-state index contributed by atoms with van der Waals surface area (Å²) >= 11 is 3.13. The fourth-order valence-electron chi connectivity index (χ4n) is 2.58. The van der Waals surface area contributed by atoms with E-state index in [4.69, 9.17) is 14.7 Å². The molecule has 0 bridgehead atoms. The summed E-state index contributed by atoms with van der Waals surface area (Å²) in [4.78, 5) is 23.7. The van der Waals surface area contributed by atoms with E-state index in [9.17, 15) is 14.0 Å². The highest BCUT2D eigenvalue weighted by molar-refractivity contribution is 9.10. The van der Waals surface area contributed by atoms with E-state index in [0.29, 0.717) is 21.5 Å². The molecular weight excluding hydrogens is 481 g/mol. The smallest absolute Gasteiger partial charge is 0.276 e. The van der Waals surface area contributed by atoms with E-state index < -0.39 is 17.6 Å². The SMILES string of the molecule is N#Cc1ccc(-c2ccc(OCC(=O)NNC(=O)COc3ccc(F)cc3Br)cc2)cc1. The molecule has 0 saturated heterocycles. The van der Waals surface area contributed by atoms with E-state index in [2.05, 4.69) is 32.9 Å². The van der Waals surface area contributed by atoms with Crippen molar-refractivity contribution in [3.8, 4) is 28.7 Å². The molecule has 2 amide bonds. The third kappa shape index (κ3) is 6.55. The summed E-state index contributed by atoms with van der Waals surface area (Å²) in [6.07, 6.45) is 0. The molecular formula is C23H17BrFN3O4. The number of halogens is 2. The van der Waals surface area contributed by atoms with Crippen molar-refractivity contribution in [3.05, 3.63) is 82.6 Å². The molecule has 0 heterocycles. The summed E-state index contributed by atoms with van der Waals surface area (Å²) in [5.41, 5.74) is 6.89. The summed E-state index contributed by atoms with van der Waals surface area (Å²) < 4.78 is 24.1. The van der Waals surface area contributed by atoms with Crippen LogP contribution in [0.1, 0.15) is 5.56 Å². The van der Waals surface area contributed by atoms with Gasteiger partial charge in [0, 0.05) is 0 Å². The van der Waals surface area contributed by atoms with E-state index in [1.807, 2.05) is 24.3 Å². The molecule has 0 aliphatic heterocycles. The number of carbonyl (C=O) groups is 2. The summed E-state index contributed by atoms with van der Waals surface area (Å²) in [6, 6.07) is 20.1. The van der Waals surface area contributed by atoms with Crippen LogP contribution in [-0.4, -0.2) is 25.0 Å². The Balaban J connectivity index is 1.40. The van der Waals surface area contributed by atoms with Crippen molar-refractivity contribution in [2.45, 2.75) is 0 Å². The Kier molecular flexibility index (Phi) is 7.78. The first-order valence-electron chi connectivity index (χ1n) is 9.33. The lowest BCUT2D eigenvalue weighted by Gasteiger charge is -2.11. The van der Waals surface area contributed by atoms with Gasteiger partial charge in [-0.05, 0) is 69.5 Å². The van der Waals surface area contributed by atoms with Crippen molar-refractivity contribution >= 4 is 27.7 Å². The molecule has 0 saturated carbocycles. The predicted octanol–water partition coefficient (Wildman–Crippen LogP) is 3.73. The summed E-state index contributed by atoms with van der Waals surface area (Å²) in [5.74, 6) is -0.822. The molecule has 0 aliphatic rings. The molecule has 0 spiro atoms. The van der Waals surface area contributed by atoms with Gasteiger partial charge >= 0.3 is 0 Å². The van der Waals surface area contributed by atoms with Crippen LogP contribution in [0.25, 0.3) is 11.1 Å². The third-order valence-corrected chi connectivity index (χ3v) is 4.79. The zero-order chi connectivity index (χ0) is 22.9. The quantitative estimate of drug-likeness (QED) is 0.484. The summed E-state index contributed by atoms with van der Waals surface area (Å²) in [6.45, 7) is -0.678. The largest absolute Gasteiger partial charge is 0.484 e. The topological polar surface area (TPSA) is 100 Å². The van der Waals surface area contributed by atoms with E-state index in [0.717, 1.165) is 11.1 Å². The van der Waals surface area contributed by atoms with Crippen LogP contribution in [0.5, 0.6) is 11.5 Å². The molecule has 9 heteroatoms. The minimum Gasteiger partial charge on any atom is -0.484 e. The molecule has 2 N–H and O–H groups in total. The highest BCUT2D eigenvalue weighted by Gasteiger charge is 2.09. The van der Waals surface area contributed by atoms with E-state index in [1.165, 1.54) is 18.2 Å². The highest BCUT2D eigenvalue weighted by Crippen LogP contribution is 2.25. The van der Waals surface area contributed by atoms with Crippen molar-refractivity contribution in [1.82, 2.24) is 10.9 Å². The zero-order valence-corrected chi connectivity index (χ0v) is 18.2. The summed E-state index contributed by atoms with van der Waals surface area (Å²) in [5, 5.41) is 8.86. The molecule has 3 aromatic carbocycles. The number of hydrazine groups is 1. The number of carbonyl (C=O) groups excluding carboxylic acids is 2.